The first-order valence-corrected chi connectivity index (χ1v) is 7.89. The molecule has 1 aliphatic carbocycles. The van der Waals surface area contributed by atoms with E-state index in [9.17, 15) is 0 Å². The number of halogens is 1. The highest BCUT2D eigenvalue weighted by Gasteiger charge is 2.20. The highest BCUT2D eigenvalue weighted by Crippen LogP contribution is 2.29. The summed E-state index contributed by atoms with van der Waals surface area (Å²) >= 11 is 6.69. The van der Waals surface area contributed by atoms with E-state index < -0.39 is 0 Å². The smallest absolute Gasteiger partial charge is 0.0404 e. The van der Waals surface area contributed by atoms with E-state index >= 15 is 0 Å². The van der Waals surface area contributed by atoms with Gasteiger partial charge in [-0.25, -0.2) is 0 Å². The third-order valence-corrected chi connectivity index (χ3v) is 4.85. The number of hydrogen-bond acceptors (Lipinski definition) is 0. The molecule has 0 aliphatic heterocycles. The van der Waals surface area contributed by atoms with Crippen molar-refractivity contribution in [2.75, 3.05) is 0 Å². The molecule has 1 aromatic carbocycles. The molecule has 2 rings (SSSR count). The lowest BCUT2D eigenvalue weighted by Gasteiger charge is -2.24. The molecule has 1 atom stereocenters. The molecule has 1 unspecified atom stereocenters. The molecule has 100 valence electrons. The Balaban J connectivity index is 1.93. The Bertz CT molecular complexity index is 350. The van der Waals surface area contributed by atoms with E-state index in [0.29, 0.717) is 5.38 Å². The molecular weight excluding hydrogens is 240 g/mol. The molecule has 18 heavy (non-hydrogen) atoms. The second-order valence-corrected chi connectivity index (χ2v) is 6.31. The second kappa shape index (κ2) is 7.19. The van der Waals surface area contributed by atoms with Gasteiger partial charge in [-0.05, 0) is 43.2 Å². The average molecular weight is 265 g/mol. The Kier molecular flexibility index (Phi) is 5.56. The fourth-order valence-corrected chi connectivity index (χ4v) is 3.48. The van der Waals surface area contributed by atoms with Gasteiger partial charge in [0.25, 0.3) is 0 Å². The zero-order chi connectivity index (χ0) is 12.8. The van der Waals surface area contributed by atoms with Crippen LogP contribution in [0.2, 0.25) is 0 Å². The van der Waals surface area contributed by atoms with Crippen molar-refractivity contribution in [3.8, 4) is 0 Å². The zero-order valence-electron chi connectivity index (χ0n) is 11.5. The van der Waals surface area contributed by atoms with Gasteiger partial charge in [-0.15, -0.1) is 11.6 Å². The van der Waals surface area contributed by atoms with E-state index in [2.05, 4.69) is 31.2 Å². The van der Waals surface area contributed by atoms with Crippen LogP contribution in [-0.2, 0) is 6.42 Å². The molecule has 0 saturated heterocycles. The lowest BCUT2D eigenvalue weighted by molar-refractivity contribution is 0.363. The van der Waals surface area contributed by atoms with Gasteiger partial charge in [0.2, 0.25) is 0 Å². The summed E-state index contributed by atoms with van der Waals surface area (Å²) in [4.78, 5) is 0. The van der Waals surface area contributed by atoms with E-state index in [4.69, 9.17) is 11.6 Å². The van der Waals surface area contributed by atoms with Crippen molar-refractivity contribution in [2.24, 2.45) is 5.92 Å². The van der Waals surface area contributed by atoms with Gasteiger partial charge < -0.3 is 0 Å². The topological polar surface area (TPSA) is 0 Å². The van der Waals surface area contributed by atoms with E-state index in [1.54, 1.807) is 0 Å². The predicted octanol–water partition coefficient (Wildman–Crippen LogP) is 5.51. The predicted molar refractivity (Wildman–Crippen MR) is 80.3 cm³/mol. The third kappa shape index (κ3) is 4.02. The molecule has 1 heteroatoms. The van der Waals surface area contributed by atoms with Crippen LogP contribution in [0.4, 0.5) is 0 Å². The highest BCUT2D eigenvalue weighted by molar-refractivity contribution is 6.20. The first kappa shape index (κ1) is 13.9. The highest BCUT2D eigenvalue weighted by atomic mass is 35.5. The molecule has 0 N–H and O–H groups in total. The Hall–Kier alpha value is -0.490. The summed E-state index contributed by atoms with van der Waals surface area (Å²) in [6, 6.07) is 8.66. The number of alkyl halides is 1. The van der Waals surface area contributed by atoms with E-state index in [1.807, 2.05) is 0 Å². The normalized spacial score (nSPS) is 20.1. The van der Waals surface area contributed by atoms with Crippen LogP contribution in [0.5, 0.6) is 0 Å². The Morgan fingerprint density at radius 2 is 1.67 bits per heavy atom. The SMILES string of the molecule is Cc1ccccc1CC(Cl)C1CCCCCCC1. The lowest BCUT2D eigenvalue weighted by Crippen LogP contribution is -2.19. The Labute approximate surface area is 117 Å². The standard InChI is InChI=1S/C17H25Cl/c1-14-9-7-8-12-16(14)13-17(18)15-10-5-3-2-4-6-11-15/h7-9,12,15,17H,2-6,10-11,13H2,1H3. The molecular formula is C17H25Cl. The number of aryl methyl sites for hydroxylation is 1. The molecule has 1 aliphatic rings. The maximum atomic E-state index is 6.69. The number of rotatable bonds is 3. The fourth-order valence-electron chi connectivity index (χ4n) is 3.07. The van der Waals surface area contributed by atoms with Crippen LogP contribution in [0.25, 0.3) is 0 Å². The van der Waals surface area contributed by atoms with Crippen LogP contribution in [0.15, 0.2) is 24.3 Å². The summed E-state index contributed by atoms with van der Waals surface area (Å²) in [6.07, 6.45) is 10.7. The van der Waals surface area contributed by atoms with Crippen LogP contribution in [0.3, 0.4) is 0 Å². The minimum absolute atomic E-state index is 0.323. The summed E-state index contributed by atoms with van der Waals surface area (Å²) in [6.45, 7) is 2.19. The quantitative estimate of drug-likeness (QED) is 0.632. The van der Waals surface area contributed by atoms with Gasteiger partial charge in [0, 0.05) is 5.38 Å². The first-order valence-electron chi connectivity index (χ1n) is 7.46. The number of hydrogen-bond donors (Lipinski definition) is 0. The summed E-state index contributed by atoms with van der Waals surface area (Å²) in [5.74, 6) is 0.728. The number of benzene rings is 1. The van der Waals surface area contributed by atoms with Crippen LogP contribution < -0.4 is 0 Å². The largest absolute Gasteiger partial charge is 0.122 e. The molecule has 0 heterocycles. The zero-order valence-corrected chi connectivity index (χ0v) is 12.3. The first-order chi connectivity index (χ1) is 8.77. The van der Waals surface area contributed by atoms with Crippen LogP contribution in [0.1, 0.15) is 56.1 Å². The van der Waals surface area contributed by atoms with E-state index in [1.165, 1.54) is 56.1 Å². The van der Waals surface area contributed by atoms with Crippen molar-refractivity contribution in [1.82, 2.24) is 0 Å². The minimum atomic E-state index is 0.323. The average Bonchev–Trinajstić information content (AvgIpc) is 2.31. The Morgan fingerprint density at radius 3 is 2.33 bits per heavy atom. The van der Waals surface area contributed by atoms with Crippen LogP contribution >= 0.6 is 11.6 Å². The van der Waals surface area contributed by atoms with E-state index in [-0.39, 0.29) is 0 Å². The molecule has 0 amide bonds. The summed E-state index contributed by atoms with van der Waals surface area (Å²) < 4.78 is 0. The maximum Gasteiger partial charge on any atom is 0.0404 e. The lowest BCUT2D eigenvalue weighted by atomic mass is 9.86. The van der Waals surface area contributed by atoms with Crippen LogP contribution in [0, 0.1) is 12.8 Å². The molecule has 1 aromatic rings. The van der Waals surface area contributed by atoms with E-state index in [0.717, 1.165) is 12.3 Å². The minimum Gasteiger partial charge on any atom is -0.122 e. The molecule has 0 nitrogen and oxygen atoms in total. The Morgan fingerprint density at radius 1 is 1.06 bits per heavy atom. The third-order valence-electron chi connectivity index (χ3n) is 4.34. The summed E-state index contributed by atoms with van der Waals surface area (Å²) in [5, 5.41) is 0.323. The van der Waals surface area contributed by atoms with Crippen molar-refractivity contribution in [3.63, 3.8) is 0 Å². The maximum absolute atomic E-state index is 6.69. The van der Waals surface area contributed by atoms with Crippen molar-refractivity contribution in [3.05, 3.63) is 35.4 Å². The molecule has 0 bridgehead atoms. The van der Waals surface area contributed by atoms with Crippen molar-refractivity contribution >= 4 is 11.6 Å². The fraction of sp³-hybridized carbons (Fsp3) is 0.647. The van der Waals surface area contributed by atoms with Gasteiger partial charge in [0.05, 0.1) is 0 Å². The van der Waals surface area contributed by atoms with Crippen molar-refractivity contribution in [1.29, 1.82) is 0 Å². The molecule has 0 aromatic heterocycles. The molecule has 0 radical (unpaired) electrons. The van der Waals surface area contributed by atoms with Gasteiger partial charge >= 0.3 is 0 Å². The summed E-state index contributed by atoms with van der Waals surface area (Å²) in [7, 11) is 0. The van der Waals surface area contributed by atoms with Gasteiger partial charge in [0.15, 0.2) is 0 Å². The van der Waals surface area contributed by atoms with Gasteiger partial charge in [-0.3, -0.25) is 0 Å². The monoisotopic (exact) mass is 264 g/mol. The van der Waals surface area contributed by atoms with Crippen molar-refractivity contribution in [2.45, 2.75) is 63.7 Å². The van der Waals surface area contributed by atoms with Crippen molar-refractivity contribution < 1.29 is 0 Å². The van der Waals surface area contributed by atoms with Gasteiger partial charge in [-0.1, -0.05) is 56.4 Å². The van der Waals surface area contributed by atoms with Gasteiger partial charge in [-0.2, -0.15) is 0 Å². The summed E-state index contributed by atoms with van der Waals surface area (Å²) in [5.41, 5.74) is 2.81. The van der Waals surface area contributed by atoms with Crippen LogP contribution in [-0.4, -0.2) is 5.38 Å². The van der Waals surface area contributed by atoms with Gasteiger partial charge in [0.1, 0.15) is 0 Å². The molecule has 0 spiro atoms. The molecule has 1 saturated carbocycles. The second-order valence-electron chi connectivity index (χ2n) is 5.75. The molecule has 1 fully saturated rings.